The number of aliphatic hydroxyl groups excluding tert-OH is 1. The number of hydrogen-bond acceptors (Lipinski definition) is 5. The van der Waals surface area contributed by atoms with Crippen LogP contribution in [-0.4, -0.2) is 40.9 Å². The highest BCUT2D eigenvalue weighted by Crippen LogP contribution is 2.18. The van der Waals surface area contributed by atoms with Crippen LogP contribution in [0, 0.1) is 0 Å². The van der Waals surface area contributed by atoms with E-state index < -0.39 is 11.8 Å². The number of aliphatic hydroxyl groups is 1. The molecule has 3 amide bonds. The molecule has 2 aromatic carbocycles. The number of carbonyl (C=O) groups excluding carboxylic acids is 3. The van der Waals surface area contributed by atoms with Crippen LogP contribution in [0.15, 0.2) is 66.4 Å². The maximum absolute atomic E-state index is 12.4. The van der Waals surface area contributed by atoms with Gasteiger partial charge in [0.2, 0.25) is 0 Å². The fraction of sp³-hybridized carbons (Fsp3) is 0.190. The standard InChI is InChI=1S/C21H21N3O4/c1-14(15-5-3-2-4-6-15)22-20(27)16-7-9-17(10-8-16)23-18-13-19(26)24(11-12-25)21(18)28/h2-10,13-14,23,25H,11-12H2,1H3,(H,22,27). The van der Waals surface area contributed by atoms with Gasteiger partial charge in [0, 0.05) is 17.3 Å². The summed E-state index contributed by atoms with van der Waals surface area (Å²) in [7, 11) is 0. The first-order valence-corrected chi connectivity index (χ1v) is 8.91. The molecule has 0 aromatic heterocycles. The van der Waals surface area contributed by atoms with Crippen molar-refractivity contribution in [2.45, 2.75) is 13.0 Å². The Hall–Kier alpha value is -3.45. The van der Waals surface area contributed by atoms with Gasteiger partial charge in [-0.1, -0.05) is 30.3 Å². The Kier molecular flexibility index (Phi) is 5.86. The fourth-order valence-electron chi connectivity index (χ4n) is 2.88. The molecule has 2 aromatic rings. The zero-order valence-corrected chi connectivity index (χ0v) is 15.4. The molecule has 7 heteroatoms. The smallest absolute Gasteiger partial charge is 0.277 e. The second-order valence-electron chi connectivity index (χ2n) is 6.38. The Morgan fingerprint density at radius 1 is 1.07 bits per heavy atom. The molecule has 0 bridgehead atoms. The highest BCUT2D eigenvalue weighted by atomic mass is 16.3. The van der Waals surface area contributed by atoms with Crippen molar-refractivity contribution in [1.29, 1.82) is 0 Å². The number of nitrogens with one attached hydrogen (secondary N) is 2. The van der Waals surface area contributed by atoms with Crippen molar-refractivity contribution in [2.24, 2.45) is 0 Å². The van der Waals surface area contributed by atoms with Gasteiger partial charge in [-0.05, 0) is 36.8 Å². The molecule has 28 heavy (non-hydrogen) atoms. The third kappa shape index (κ3) is 4.27. The van der Waals surface area contributed by atoms with Gasteiger partial charge in [-0.15, -0.1) is 0 Å². The van der Waals surface area contributed by atoms with Crippen LogP contribution < -0.4 is 10.6 Å². The van der Waals surface area contributed by atoms with Gasteiger partial charge < -0.3 is 15.7 Å². The third-order valence-electron chi connectivity index (χ3n) is 4.41. The molecule has 0 fully saturated rings. The van der Waals surface area contributed by atoms with Crippen LogP contribution in [0.2, 0.25) is 0 Å². The van der Waals surface area contributed by atoms with Crippen molar-refractivity contribution in [3.8, 4) is 0 Å². The SMILES string of the molecule is CC(NC(=O)c1ccc(NC2=CC(=O)N(CCO)C2=O)cc1)c1ccccc1. The molecule has 1 heterocycles. The molecule has 7 nitrogen and oxygen atoms in total. The fourth-order valence-corrected chi connectivity index (χ4v) is 2.88. The first-order valence-electron chi connectivity index (χ1n) is 8.91. The first kappa shape index (κ1) is 19.3. The summed E-state index contributed by atoms with van der Waals surface area (Å²) in [5.41, 5.74) is 2.20. The van der Waals surface area contributed by atoms with Crippen LogP contribution in [0.25, 0.3) is 0 Å². The summed E-state index contributed by atoms with van der Waals surface area (Å²) in [5.74, 6) is -1.16. The monoisotopic (exact) mass is 379 g/mol. The van der Waals surface area contributed by atoms with E-state index in [-0.39, 0.29) is 30.8 Å². The van der Waals surface area contributed by atoms with Gasteiger partial charge in [0.25, 0.3) is 17.7 Å². The van der Waals surface area contributed by atoms with E-state index in [2.05, 4.69) is 10.6 Å². The van der Waals surface area contributed by atoms with E-state index in [0.29, 0.717) is 11.3 Å². The van der Waals surface area contributed by atoms with Gasteiger partial charge in [0.05, 0.1) is 19.2 Å². The van der Waals surface area contributed by atoms with Crippen LogP contribution >= 0.6 is 0 Å². The highest BCUT2D eigenvalue weighted by molar-refractivity contribution is 6.17. The first-order chi connectivity index (χ1) is 13.5. The van der Waals surface area contributed by atoms with E-state index in [4.69, 9.17) is 5.11 Å². The largest absolute Gasteiger partial charge is 0.395 e. The van der Waals surface area contributed by atoms with Crippen molar-refractivity contribution in [3.05, 3.63) is 77.5 Å². The van der Waals surface area contributed by atoms with E-state index >= 15 is 0 Å². The molecule has 0 aliphatic carbocycles. The van der Waals surface area contributed by atoms with Crippen LogP contribution in [0.1, 0.15) is 28.9 Å². The molecule has 1 atom stereocenters. The molecule has 144 valence electrons. The average molecular weight is 379 g/mol. The second-order valence-corrected chi connectivity index (χ2v) is 6.38. The zero-order valence-electron chi connectivity index (χ0n) is 15.4. The predicted molar refractivity (Wildman–Crippen MR) is 104 cm³/mol. The lowest BCUT2D eigenvalue weighted by atomic mass is 10.1. The van der Waals surface area contributed by atoms with Gasteiger partial charge in [0.1, 0.15) is 5.70 Å². The Morgan fingerprint density at radius 2 is 1.75 bits per heavy atom. The lowest BCUT2D eigenvalue weighted by Gasteiger charge is -2.15. The number of carbonyl (C=O) groups is 3. The van der Waals surface area contributed by atoms with Crippen LogP contribution in [0.5, 0.6) is 0 Å². The van der Waals surface area contributed by atoms with Crippen molar-refractivity contribution >= 4 is 23.4 Å². The van der Waals surface area contributed by atoms with Crippen molar-refractivity contribution in [3.63, 3.8) is 0 Å². The molecule has 0 saturated carbocycles. The van der Waals surface area contributed by atoms with Crippen LogP contribution in [-0.2, 0) is 9.59 Å². The summed E-state index contributed by atoms with van der Waals surface area (Å²) in [6.45, 7) is 1.58. The van der Waals surface area contributed by atoms with Crippen molar-refractivity contribution in [2.75, 3.05) is 18.5 Å². The van der Waals surface area contributed by atoms with Crippen molar-refractivity contribution in [1.82, 2.24) is 10.2 Å². The summed E-state index contributed by atoms with van der Waals surface area (Å²) in [6.07, 6.45) is 1.19. The number of amides is 3. The third-order valence-corrected chi connectivity index (χ3v) is 4.41. The molecular weight excluding hydrogens is 358 g/mol. The maximum atomic E-state index is 12.4. The highest BCUT2D eigenvalue weighted by Gasteiger charge is 2.30. The molecule has 3 N–H and O–H groups in total. The summed E-state index contributed by atoms with van der Waals surface area (Å²) in [6, 6.07) is 16.1. The molecule has 0 saturated heterocycles. The Morgan fingerprint density at radius 3 is 2.39 bits per heavy atom. The predicted octanol–water partition coefficient (Wildman–Crippen LogP) is 1.83. The molecular formula is C21H21N3O4. The van der Waals surface area contributed by atoms with Crippen LogP contribution in [0.3, 0.4) is 0 Å². The number of imide groups is 1. The minimum atomic E-state index is -0.488. The Labute approximate surface area is 162 Å². The second kappa shape index (κ2) is 8.49. The molecule has 1 aliphatic heterocycles. The van der Waals surface area contributed by atoms with Crippen molar-refractivity contribution < 1.29 is 19.5 Å². The van der Waals surface area contributed by atoms with Crippen LogP contribution in [0.4, 0.5) is 5.69 Å². The summed E-state index contributed by atoms with van der Waals surface area (Å²) >= 11 is 0. The number of benzene rings is 2. The normalized spacial score (nSPS) is 14.6. The molecule has 1 aliphatic rings. The molecule has 0 spiro atoms. The van der Waals surface area contributed by atoms with E-state index in [1.807, 2.05) is 37.3 Å². The summed E-state index contributed by atoms with van der Waals surface area (Å²) in [5, 5.41) is 14.7. The zero-order chi connectivity index (χ0) is 20.1. The lowest BCUT2D eigenvalue weighted by molar-refractivity contribution is -0.137. The van der Waals surface area contributed by atoms with E-state index in [1.165, 1.54) is 6.08 Å². The number of β-amino-alcohol motifs (C(OH)–C–C–N with tert-alkyl or cyclic N) is 1. The quantitative estimate of drug-likeness (QED) is 0.638. The minimum Gasteiger partial charge on any atom is -0.395 e. The molecule has 1 unspecified atom stereocenters. The minimum absolute atomic E-state index is 0.0436. The summed E-state index contributed by atoms with van der Waals surface area (Å²) in [4.78, 5) is 37.3. The number of hydrogen-bond donors (Lipinski definition) is 3. The summed E-state index contributed by atoms with van der Waals surface area (Å²) < 4.78 is 0. The number of nitrogens with zero attached hydrogens (tertiary/aromatic N) is 1. The lowest BCUT2D eigenvalue weighted by Crippen LogP contribution is -2.34. The van der Waals surface area contributed by atoms with E-state index in [9.17, 15) is 14.4 Å². The van der Waals surface area contributed by atoms with E-state index in [1.54, 1.807) is 24.3 Å². The van der Waals surface area contributed by atoms with Gasteiger partial charge >= 0.3 is 0 Å². The number of rotatable bonds is 7. The Bertz CT molecular complexity index is 907. The molecule has 3 rings (SSSR count). The van der Waals surface area contributed by atoms with E-state index in [0.717, 1.165) is 10.5 Å². The van der Waals surface area contributed by atoms with Gasteiger partial charge in [-0.3, -0.25) is 19.3 Å². The topological polar surface area (TPSA) is 98.7 Å². The Balaban J connectivity index is 1.62. The molecule has 0 radical (unpaired) electrons. The van der Waals surface area contributed by atoms with Gasteiger partial charge in [-0.25, -0.2) is 0 Å². The van der Waals surface area contributed by atoms with Gasteiger partial charge in [0.15, 0.2) is 0 Å². The van der Waals surface area contributed by atoms with Gasteiger partial charge in [-0.2, -0.15) is 0 Å². The average Bonchev–Trinajstić information content (AvgIpc) is 2.97. The maximum Gasteiger partial charge on any atom is 0.277 e. The number of anilines is 1.